The summed E-state index contributed by atoms with van der Waals surface area (Å²) in [5, 5.41) is 0. The van der Waals surface area contributed by atoms with E-state index in [1.165, 1.54) is 12.8 Å². The lowest BCUT2D eigenvalue weighted by atomic mass is 10.1. The topological polar surface area (TPSA) is 78.9 Å². The number of hydrogen-bond acceptors (Lipinski definition) is 6. The number of rotatable bonds is 49. The van der Waals surface area contributed by atoms with Gasteiger partial charge in [-0.2, -0.15) is 0 Å². The fourth-order valence-corrected chi connectivity index (χ4v) is 7.20. The van der Waals surface area contributed by atoms with Gasteiger partial charge in [-0.05, 0) is 128 Å². The van der Waals surface area contributed by atoms with Crippen LogP contribution >= 0.6 is 0 Å². The van der Waals surface area contributed by atoms with Crippen molar-refractivity contribution in [2.24, 2.45) is 0 Å². The van der Waals surface area contributed by atoms with E-state index < -0.39 is 6.10 Å². The van der Waals surface area contributed by atoms with Crippen molar-refractivity contribution < 1.29 is 28.6 Å². The Labute approximate surface area is 430 Å². The number of carbonyl (C=O) groups excluding carboxylic acids is 3. The van der Waals surface area contributed by atoms with Crippen LogP contribution in [-0.2, 0) is 28.6 Å². The first-order chi connectivity index (χ1) is 34.5. The van der Waals surface area contributed by atoms with Gasteiger partial charge in [-0.3, -0.25) is 14.4 Å². The molecule has 0 fully saturated rings. The van der Waals surface area contributed by atoms with Crippen molar-refractivity contribution in [2.45, 2.75) is 239 Å². The van der Waals surface area contributed by atoms with E-state index >= 15 is 0 Å². The molecule has 1 atom stereocenters. The largest absolute Gasteiger partial charge is 0.462 e. The Morgan fingerprint density at radius 3 is 0.886 bits per heavy atom. The van der Waals surface area contributed by atoms with Crippen LogP contribution in [0.3, 0.4) is 0 Å². The molecule has 0 aromatic carbocycles. The maximum absolute atomic E-state index is 12.8. The van der Waals surface area contributed by atoms with E-state index in [4.69, 9.17) is 14.2 Å². The van der Waals surface area contributed by atoms with Gasteiger partial charge in [0, 0.05) is 19.3 Å². The van der Waals surface area contributed by atoms with Gasteiger partial charge in [-0.25, -0.2) is 0 Å². The standard InChI is InChI=1S/C64H102O6/c1-4-7-10-13-16-19-22-24-26-28-30-32-34-36-38-40-42-45-48-51-54-57-63(66)69-60-61(59-68-62(65)56-53-50-47-44-21-18-15-12-9-6-3)70-64(67)58-55-52-49-46-43-41-39-37-35-33-31-29-27-25-23-20-17-14-11-8-5-2/h7-8,10-12,15-17,19-20,24-27,30-33,36-39,61H,4-6,9,13-14,18,21-23,28-29,34-35,40-60H2,1-3H3/b10-7-,11-8-,15-12-,19-16-,20-17-,26-24-,27-25-,32-30-,33-31-,38-36-,39-37-. The minimum Gasteiger partial charge on any atom is -0.462 e. The highest BCUT2D eigenvalue weighted by Gasteiger charge is 2.19. The molecule has 0 saturated carbocycles. The van der Waals surface area contributed by atoms with Crippen molar-refractivity contribution in [3.8, 4) is 0 Å². The number of ether oxygens (including phenoxy) is 3. The highest BCUT2D eigenvalue weighted by atomic mass is 16.6. The zero-order valence-corrected chi connectivity index (χ0v) is 45.0. The second-order valence-electron chi connectivity index (χ2n) is 18.1. The fourth-order valence-electron chi connectivity index (χ4n) is 7.20. The first kappa shape index (κ1) is 65.5. The Hall–Kier alpha value is -4.45. The summed E-state index contributed by atoms with van der Waals surface area (Å²) in [6.45, 7) is 6.30. The molecule has 0 heterocycles. The Bertz CT molecular complexity index is 1530. The quantitative estimate of drug-likeness (QED) is 0.0262. The molecule has 1 unspecified atom stereocenters. The monoisotopic (exact) mass is 967 g/mol. The van der Waals surface area contributed by atoms with Crippen molar-refractivity contribution in [1.82, 2.24) is 0 Å². The van der Waals surface area contributed by atoms with E-state index in [0.717, 1.165) is 180 Å². The lowest BCUT2D eigenvalue weighted by Crippen LogP contribution is -2.30. The van der Waals surface area contributed by atoms with E-state index in [1.54, 1.807) is 0 Å². The fraction of sp³-hybridized carbons (Fsp3) is 0.609. The van der Waals surface area contributed by atoms with Gasteiger partial charge < -0.3 is 14.2 Å². The number of unbranched alkanes of at least 4 members (excludes halogenated alkanes) is 16. The third-order valence-electron chi connectivity index (χ3n) is 11.4. The van der Waals surface area contributed by atoms with Gasteiger partial charge in [-0.1, -0.05) is 219 Å². The smallest absolute Gasteiger partial charge is 0.306 e. The minimum absolute atomic E-state index is 0.102. The van der Waals surface area contributed by atoms with Gasteiger partial charge in [0.05, 0.1) is 0 Å². The molecule has 0 radical (unpaired) electrons. The van der Waals surface area contributed by atoms with Gasteiger partial charge in [0.1, 0.15) is 13.2 Å². The Morgan fingerprint density at radius 1 is 0.300 bits per heavy atom. The number of hydrogen-bond donors (Lipinski definition) is 0. The molecular weight excluding hydrogens is 865 g/mol. The SMILES string of the molecule is CC/C=C\C/C=C\C/C=C\C/C=C\C/C=C\CCCCCCCC(=O)OCC(COC(=O)CCCCCCC/C=C\CCC)OC(=O)CCCCCCC/C=C\C/C=C\C/C=C\C/C=C\C/C=C\CC. The van der Waals surface area contributed by atoms with E-state index in [0.29, 0.717) is 19.3 Å². The summed E-state index contributed by atoms with van der Waals surface area (Å²) in [7, 11) is 0. The van der Waals surface area contributed by atoms with Crippen LogP contribution in [0.1, 0.15) is 233 Å². The molecule has 6 nitrogen and oxygen atoms in total. The Morgan fingerprint density at radius 2 is 0.557 bits per heavy atom. The average Bonchev–Trinajstić information content (AvgIpc) is 3.36. The number of esters is 3. The minimum atomic E-state index is -0.805. The first-order valence-corrected chi connectivity index (χ1v) is 28.2. The van der Waals surface area contributed by atoms with E-state index in [9.17, 15) is 14.4 Å². The van der Waals surface area contributed by atoms with Gasteiger partial charge in [0.25, 0.3) is 0 Å². The molecule has 0 amide bonds. The average molecular weight is 968 g/mol. The molecule has 0 aliphatic carbocycles. The van der Waals surface area contributed by atoms with Crippen LogP contribution in [0.25, 0.3) is 0 Å². The Kier molecular flexibility index (Phi) is 53.5. The van der Waals surface area contributed by atoms with Gasteiger partial charge in [-0.15, -0.1) is 0 Å². The first-order valence-electron chi connectivity index (χ1n) is 28.2. The lowest BCUT2D eigenvalue weighted by Gasteiger charge is -2.18. The van der Waals surface area contributed by atoms with Crippen LogP contribution in [-0.4, -0.2) is 37.2 Å². The molecule has 0 spiro atoms. The zero-order chi connectivity index (χ0) is 50.7. The summed E-state index contributed by atoms with van der Waals surface area (Å²) in [5.41, 5.74) is 0. The normalized spacial score (nSPS) is 13.1. The van der Waals surface area contributed by atoms with Crippen molar-refractivity contribution in [3.05, 3.63) is 134 Å². The summed E-state index contributed by atoms with van der Waals surface area (Å²) < 4.78 is 16.8. The highest BCUT2D eigenvalue weighted by molar-refractivity contribution is 5.71. The molecule has 0 aliphatic rings. The van der Waals surface area contributed by atoms with E-state index in [-0.39, 0.29) is 31.1 Å². The summed E-state index contributed by atoms with van der Waals surface area (Å²) in [5.74, 6) is -0.956. The summed E-state index contributed by atoms with van der Waals surface area (Å²) in [6.07, 6.45) is 80.1. The molecule has 6 heteroatoms. The van der Waals surface area contributed by atoms with E-state index in [1.807, 2.05) is 0 Å². The van der Waals surface area contributed by atoms with Crippen LogP contribution in [0.15, 0.2) is 134 Å². The molecule has 0 aromatic heterocycles. The van der Waals surface area contributed by atoms with Gasteiger partial charge in [0.15, 0.2) is 6.10 Å². The third-order valence-corrected chi connectivity index (χ3v) is 11.4. The van der Waals surface area contributed by atoms with Crippen LogP contribution in [0.2, 0.25) is 0 Å². The van der Waals surface area contributed by atoms with Crippen molar-refractivity contribution >= 4 is 17.9 Å². The van der Waals surface area contributed by atoms with Crippen LogP contribution in [0.5, 0.6) is 0 Å². The van der Waals surface area contributed by atoms with E-state index in [2.05, 4.69) is 154 Å². The van der Waals surface area contributed by atoms with Crippen LogP contribution in [0.4, 0.5) is 0 Å². The highest BCUT2D eigenvalue weighted by Crippen LogP contribution is 2.13. The van der Waals surface area contributed by atoms with Crippen LogP contribution in [0, 0.1) is 0 Å². The van der Waals surface area contributed by atoms with Crippen molar-refractivity contribution in [2.75, 3.05) is 13.2 Å². The summed E-state index contributed by atoms with van der Waals surface area (Å²) >= 11 is 0. The molecule has 0 bridgehead atoms. The molecule has 0 saturated heterocycles. The predicted octanol–water partition coefficient (Wildman–Crippen LogP) is 19.0. The molecule has 0 aliphatic heterocycles. The maximum Gasteiger partial charge on any atom is 0.306 e. The molecule has 0 aromatic rings. The second kappa shape index (κ2) is 57.1. The molecule has 0 rings (SSSR count). The second-order valence-corrected chi connectivity index (χ2v) is 18.1. The molecular formula is C64H102O6. The van der Waals surface area contributed by atoms with Crippen molar-refractivity contribution in [3.63, 3.8) is 0 Å². The van der Waals surface area contributed by atoms with Crippen molar-refractivity contribution in [1.29, 1.82) is 0 Å². The third kappa shape index (κ3) is 54.5. The number of allylic oxidation sites excluding steroid dienone is 22. The predicted molar refractivity (Wildman–Crippen MR) is 302 cm³/mol. The maximum atomic E-state index is 12.8. The Balaban J connectivity index is 4.43. The van der Waals surface area contributed by atoms with Crippen LogP contribution < -0.4 is 0 Å². The lowest BCUT2D eigenvalue weighted by molar-refractivity contribution is -0.167. The summed E-state index contributed by atoms with van der Waals surface area (Å²) in [4.78, 5) is 38.1. The van der Waals surface area contributed by atoms with Gasteiger partial charge in [0.2, 0.25) is 0 Å². The zero-order valence-electron chi connectivity index (χ0n) is 45.0. The summed E-state index contributed by atoms with van der Waals surface area (Å²) in [6, 6.07) is 0. The molecule has 0 N–H and O–H groups in total. The molecule has 70 heavy (non-hydrogen) atoms. The van der Waals surface area contributed by atoms with Gasteiger partial charge >= 0.3 is 17.9 Å². The molecule has 394 valence electrons. The number of carbonyl (C=O) groups is 3.